The van der Waals surface area contributed by atoms with Crippen LogP contribution in [0.25, 0.3) is 0 Å². The van der Waals surface area contributed by atoms with Crippen LogP contribution in [0.4, 0.5) is 8.78 Å². The Labute approximate surface area is 189 Å². The summed E-state index contributed by atoms with van der Waals surface area (Å²) in [6, 6.07) is 13.4. The number of nitrogens with two attached hydrogens (primary N) is 1. The predicted octanol–water partition coefficient (Wildman–Crippen LogP) is 4.23. The summed E-state index contributed by atoms with van der Waals surface area (Å²) in [5.74, 6) is -1.99. The third-order valence-electron chi connectivity index (χ3n) is 5.46. The number of halogens is 4. The van der Waals surface area contributed by atoms with Crippen LogP contribution < -0.4 is 11.1 Å². The molecule has 3 rings (SSSR count). The molecule has 2 atom stereocenters. The quantitative estimate of drug-likeness (QED) is 0.679. The maximum Gasteiger partial charge on any atom is 0.224 e. The van der Waals surface area contributed by atoms with Crippen LogP contribution in [-0.4, -0.2) is 29.9 Å². The summed E-state index contributed by atoms with van der Waals surface area (Å²) in [5, 5.41) is 3.12. The van der Waals surface area contributed by atoms with Crippen LogP contribution in [0.2, 0.25) is 0 Å². The second kappa shape index (κ2) is 12.2. The molecule has 2 unspecified atom stereocenters. The van der Waals surface area contributed by atoms with Crippen LogP contribution in [0.1, 0.15) is 36.9 Å². The molecule has 0 aliphatic carbocycles. The first-order chi connectivity index (χ1) is 13.4. The average molecular weight is 460 g/mol. The number of hydrogen-bond donors (Lipinski definition) is 2. The normalized spacial score (nSPS) is 16.7. The van der Waals surface area contributed by atoms with Crippen LogP contribution in [0, 0.1) is 17.6 Å². The standard InChI is InChI=1S/C22H27F2N3O.2ClH/c1-15(21(25)17-5-3-2-4-6-17)22(28)26-18-9-11-27(12-10-18)14-16-7-8-19(23)20(24)13-16;;/h2-8,13,15,18,21H,9-12,14,25H2,1H3,(H,26,28);2*1H. The molecule has 0 saturated carbocycles. The number of nitrogens with one attached hydrogen (secondary N) is 1. The Morgan fingerprint density at radius 1 is 1.10 bits per heavy atom. The number of rotatable bonds is 6. The van der Waals surface area contributed by atoms with E-state index in [1.807, 2.05) is 37.3 Å². The van der Waals surface area contributed by atoms with Crippen molar-refractivity contribution in [1.82, 2.24) is 10.2 Å². The summed E-state index contributed by atoms with van der Waals surface area (Å²) in [6.45, 7) is 4.02. The number of benzene rings is 2. The topological polar surface area (TPSA) is 58.4 Å². The third kappa shape index (κ3) is 6.91. The van der Waals surface area contributed by atoms with Gasteiger partial charge in [-0.15, -0.1) is 24.8 Å². The molecular formula is C22H29Cl2F2N3O. The number of carbonyl (C=O) groups is 1. The molecule has 0 spiro atoms. The summed E-state index contributed by atoms with van der Waals surface area (Å²) in [5.41, 5.74) is 7.95. The van der Waals surface area contributed by atoms with E-state index in [1.165, 1.54) is 6.07 Å². The van der Waals surface area contributed by atoms with E-state index >= 15 is 0 Å². The summed E-state index contributed by atoms with van der Waals surface area (Å²) in [7, 11) is 0. The molecule has 0 radical (unpaired) electrons. The van der Waals surface area contributed by atoms with Crippen LogP contribution in [0.5, 0.6) is 0 Å². The molecule has 4 nitrogen and oxygen atoms in total. The van der Waals surface area contributed by atoms with Crippen molar-refractivity contribution in [3.63, 3.8) is 0 Å². The molecule has 0 aromatic heterocycles. The van der Waals surface area contributed by atoms with E-state index in [-0.39, 0.29) is 48.7 Å². The lowest BCUT2D eigenvalue weighted by Gasteiger charge is -2.33. The van der Waals surface area contributed by atoms with Gasteiger partial charge in [-0.25, -0.2) is 8.78 Å². The van der Waals surface area contributed by atoms with Crippen LogP contribution >= 0.6 is 24.8 Å². The first-order valence-electron chi connectivity index (χ1n) is 9.71. The number of nitrogens with zero attached hydrogens (tertiary/aromatic N) is 1. The summed E-state index contributed by atoms with van der Waals surface area (Å²) < 4.78 is 26.4. The largest absolute Gasteiger partial charge is 0.353 e. The molecule has 1 saturated heterocycles. The maximum absolute atomic E-state index is 13.4. The van der Waals surface area contributed by atoms with E-state index in [0.717, 1.165) is 43.1 Å². The number of carbonyl (C=O) groups excluding carboxylic acids is 1. The molecular weight excluding hydrogens is 431 g/mol. The van der Waals surface area contributed by atoms with E-state index in [2.05, 4.69) is 10.2 Å². The Morgan fingerprint density at radius 2 is 1.73 bits per heavy atom. The fourth-order valence-corrected chi connectivity index (χ4v) is 3.59. The van der Waals surface area contributed by atoms with Crippen LogP contribution in [0.3, 0.4) is 0 Å². The summed E-state index contributed by atoms with van der Waals surface area (Å²) in [4.78, 5) is 14.8. The highest BCUT2D eigenvalue weighted by atomic mass is 35.5. The zero-order valence-electron chi connectivity index (χ0n) is 16.9. The Balaban J connectivity index is 0.00000225. The van der Waals surface area contributed by atoms with Crippen molar-refractivity contribution in [2.75, 3.05) is 13.1 Å². The molecule has 166 valence electrons. The SMILES string of the molecule is CC(C(=O)NC1CCN(Cc2ccc(F)c(F)c2)CC1)C(N)c1ccccc1.Cl.Cl. The minimum atomic E-state index is -0.826. The van der Waals surface area contributed by atoms with E-state index in [1.54, 1.807) is 6.07 Å². The molecule has 3 N–H and O–H groups in total. The molecule has 0 bridgehead atoms. The van der Waals surface area contributed by atoms with Gasteiger partial charge < -0.3 is 11.1 Å². The molecule has 1 amide bonds. The molecule has 2 aromatic rings. The van der Waals surface area contributed by atoms with E-state index in [9.17, 15) is 13.6 Å². The monoisotopic (exact) mass is 459 g/mol. The van der Waals surface area contributed by atoms with Crippen molar-refractivity contribution in [2.24, 2.45) is 11.7 Å². The molecule has 1 aliphatic rings. The second-order valence-electron chi connectivity index (χ2n) is 7.53. The van der Waals surface area contributed by atoms with Gasteiger partial charge in [0.1, 0.15) is 0 Å². The van der Waals surface area contributed by atoms with Crippen molar-refractivity contribution < 1.29 is 13.6 Å². The number of piperidine rings is 1. The maximum atomic E-state index is 13.4. The number of hydrogen-bond acceptors (Lipinski definition) is 3. The Hall–Kier alpha value is -1.73. The highest BCUT2D eigenvalue weighted by Crippen LogP contribution is 2.21. The van der Waals surface area contributed by atoms with Crippen molar-refractivity contribution in [2.45, 2.75) is 38.4 Å². The van der Waals surface area contributed by atoms with Gasteiger partial charge in [-0.1, -0.05) is 43.3 Å². The predicted molar refractivity (Wildman–Crippen MR) is 120 cm³/mol. The Bertz CT molecular complexity index is 802. The van der Waals surface area contributed by atoms with Crippen molar-refractivity contribution in [3.8, 4) is 0 Å². The zero-order valence-corrected chi connectivity index (χ0v) is 18.5. The fourth-order valence-electron chi connectivity index (χ4n) is 3.59. The van der Waals surface area contributed by atoms with Crippen LogP contribution in [-0.2, 0) is 11.3 Å². The summed E-state index contributed by atoms with van der Waals surface area (Å²) in [6.07, 6.45) is 1.64. The molecule has 1 heterocycles. The van der Waals surface area contributed by atoms with Gasteiger partial charge in [0.25, 0.3) is 0 Å². The Kier molecular flexibility index (Phi) is 10.7. The number of amides is 1. The van der Waals surface area contributed by atoms with Gasteiger partial charge in [0.05, 0.1) is 5.92 Å². The van der Waals surface area contributed by atoms with Gasteiger partial charge in [0.2, 0.25) is 5.91 Å². The zero-order chi connectivity index (χ0) is 20.1. The highest BCUT2D eigenvalue weighted by molar-refractivity contribution is 5.85. The molecule has 30 heavy (non-hydrogen) atoms. The van der Waals surface area contributed by atoms with Gasteiger partial charge in [0.15, 0.2) is 11.6 Å². The van der Waals surface area contributed by atoms with Gasteiger partial charge in [-0.3, -0.25) is 9.69 Å². The van der Waals surface area contributed by atoms with Gasteiger partial charge in [-0.2, -0.15) is 0 Å². The van der Waals surface area contributed by atoms with Gasteiger partial charge >= 0.3 is 0 Å². The van der Waals surface area contributed by atoms with Gasteiger partial charge in [-0.05, 0) is 36.1 Å². The molecule has 1 fully saturated rings. The minimum absolute atomic E-state index is 0. The van der Waals surface area contributed by atoms with Crippen LogP contribution in [0.15, 0.2) is 48.5 Å². The van der Waals surface area contributed by atoms with Crippen molar-refractivity contribution >= 4 is 30.7 Å². The molecule has 1 aliphatic heterocycles. The summed E-state index contributed by atoms with van der Waals surface area (Å²) >= 11 is 0. The third-order valence-corrected chi connectivity index (χ3v) is 5.46. The lowest BCUT2D eigenvalue weighted by atomic mass is 9.94. The fraction of sp³-hybridized carbons (Fsp3) is 0.409. The van der Waals surface area contributed by atoms with Gasteiger partial charge in [0, 0.05) is 31.7 Å². The van der Waals surface area contributed by atoms with E-state index in [0.29, 0.717) is 6.54 Å². The first-order valence-corrected chi connectivity index (χ1v) is 9.71. The minimum Gasteiger partial charge on any atom is -0.353 e. The van der Waals surface area contributed by atoms with E-state index in [4.69, 9.17) is 5.73 Å². The lowest BCUT2D eigenvalue weighted by Crippen LogP contribution is -2.47. The number of likely N-dealkylation sites (tertiary alicyclic amines) is 1. The average Bonchev–Trinajstić information content (AvgIpc) is 2.71. The van der Waals surface area contributed by atoms with Crippen molar-refractivity contribution in [1.29, 1.82) is 0 Å². The second-order valence-corrected chi connectivity index (χ2v) is 7.53. The highest BCUT2D eigenvalue weighted by Gasteiger charge is 2.26. The Morgan fingerprint density at radius 3 is 2.33 bits per heavy atom. The lowest BCUT2D eigenvalue weighted by molar-refractivity contribution is -0.126. The molecule has 2 aromatic carbocycles. The first kappa shape index (κ1) is 26.3. The van der Waals surface area contributed by atoms with Crippen molar-refractivity contribution in [3.05, 3.63) is 71.3 Å². The smallest absolute Gasteiger partial charge is 0.224 e. The van der Waals surface area contributed by atoms with E-state index < -0.39 is 11.6 Å². The molecule has 8 heteroatoms.